The average Bonchev–Trinajstić information content (AvgIpc) is 3.04. The van der Waals surface area contributed by atoms with Gasteiger partial charge in [-0.3, -0.25) is 14.5 Å². The Hall–Kier alpha value is -2.06. The molecule has 128 valence electrons. The molecule has 1 fully saturated rings. The minimum absolute atomic E-state index is 0.0204. The molecule has 0 radical (unpaired) electrons. The number of hydrogen-bond acceptors (Lipinski definition) is 6. The van der Waals surface area contributed by atoms with E-state index in [1.54, 1.807) is 0 Å². The molecule has 1 aromatic heterocycles. The number of rotatable bonds is 4. The molecule has 0 aliphatic carbocycles. The highest BCUT2D eigenvalue weighted by atomic mass is 32.1. The monoisotopic (exact) mass is 347 g/mol. The van der Waals surface area contributed by atoms with Crippen molar-refractivity contribution in [2.24, 2.45) is 5.92 Å². The number of piperazine rings is 1. The Balaban J connectivity index is 1.53. The predicted octanol–water partition coefficient (Wildman–Crippen LogP) is 1.43. The Morgan fingerprint density at radius 1 is 1.21 bits per heavy atom. The van der Waals surface area contributed by atoms with Crippen LogP contribution in [0.2, 0.25) is 0 Å². The average molecular weight is 347 g/mol. The summed E-state index contributed by atoms with van der Waals surface area (Å²) < 4.78 is 8.40. The Morgan fingerprint density at radius 3 is 2.67 bits per heavy atom. The molecule has 1 saturated heterocycles. The van der Waals surface area contributed by atoms with Gasteiger partial charge in [-0.2, -0.15) is 8.75 Å². The molecular formula is C16H21N5O2S. The first kappa shape index (κ1) is 16.8. The topological polar surface area (TPSA) is 78.4 Å². The Bertz CT molecular complexity index is 737. The summed E-state index contributed by atoms with van der Waals surface area (Å²) in [5.74, 6) is 0.132. The standard InChI is InChI=1S/C16H21N5O2S/c1-11(2)16(23)21-8-6-20(7-9-21)10-14(22)17-12-4-3-5-13-15(12)19-24-18-13/h3-5,11H,6-10H2,1-2H3,(H,17,22). The van der Waals surface area contributed by atoms with Gasteiger partial charge in [0, 0.05) is 32.1 Å². The minimum Gasteiger partial charge on any atom is -0.340 e. The molecule has 2 heterocycles. The van der Waals surface area contributed by atoms with Crippen molar-refractivity contribution < 1.29 is 9.59 Å². The van der Waals surface area contributed by atoms with E-state index in [4.69, 9.17) is 0 Å². The molecule has 0 spiro atoms. The first-order chi connectivity index (χ1) is 11.5. The van der Waals surface area contributed by atoms with Gasteiger partial charge < -0.3 is 10.2 Å². The molecule has 8 heteroatoms. The lowest BCUT2D eigenvalue weighted by Gasteiger charge is -2.35. The van der Waals surface area contributed by atoms with Crippen molar-refractivity contribution >= 4 is 40.3 Å². The molecule has 0 saturated carbocycles. The van der Waals surface area contributed by atoms with E-state index in [0.29, 0.717) is 38.4 Å². The highest BCUT2D eigenvalue weighted by Gasteiger charge is 2.24. The van der Waals surface area contributed by atoms with Gasteiger partial charge >= 0.3 is 0 Å². The van der Waals surface area contributed by atoms with Crippen molar-refractivity contribution in [2.45, 2.75) is 13.8 Å². The van der Waals surface area contributed by atoms with E-state index >= 15 is 0 Å². The summed E-state index contributed by atoms with van der Waals surface area (Å²) in [5.41, 5.74) is 2.21. The molecule has 0 unspecified atom stereocenters. The van der Waals surface area contributed by atoms with Crippen LogP contribution in [0.1, 0.15) is 13.8 Å². The number of nitrogens with zero attached hydrogens (tertiary/aromatic N) is 4. The third-order valence-electron chi connectivity index (χ3n) is 4.11. The Labute approximate surface area is 145 Å². The molecule has 2 aromatic rings. The van der Waals surface area contributed by atoms with Crippen molar-refractivity contribution in [3.05, 3.63) is 18.2 Å². The van der Waals surface area contributed by atoms with Gasteiger partial charge in [0.25, 0.3) is 0 Å². The molecule has 24 heavy (non-hydrogen) atoms. The fourth-order valence-electron chi connectivity index (χ4n) is 2.79. The van der Waals surface area contributed by atoms with Gasteiger partial charge in [-0.05, 0) is 12.1 Å². The van der Waals surface area contributed by atoms with Crippen molar-refractivity contribution in [3.8, 4) is 0 Å². The molecular weight excluding hydrogens is 326 g/mol. The van der Waals surface area contributed by atoms with E-state index < -0.39 is 0 Å². The van der Waals surface area contributed by atoms with E-state index in [9.17, 15) is 9.59 Å². The number of aromatic nitrogens is 2. The normalized spacial score (nSPS) is 15.9. The van der Waals surface area contributed by atoms with Gasteiger partial charge in [0.1, 0.15) is 11.0 Å². The number of nitrogens with one attached hydrogen (secondary N) is 1. The highest BCUT2D eigenvalue weighted by Crippen LogP contribution is 2.21. The number of anilines is 1. The van der Waals surface area contributed by atoms with Crippen molar-refractivity contribution in [3.63, 3.8) is 0 Å². The van der Waals surface area contributed by atoms with Gasteiger partial charge in [0.2, 0.25) is 11.8 Å². The smallest absolute Gasteiger partial charge is 0.238 e. The van der Waals surface area contributed by atoms with Gasteiger partial charge in [0.05, 0.1) is 24.0 Å². The summed E-state index contributed by atoms with van der Waals surface area (Å²) in [6, 6.07) is 5.57. The van der Waals surface area contributed by atoms with Crippen LogP contribution in [-0.2, 0) is 9.59 Å². The molecule has 0 bridgehead atoms. The zero-order chi connectivity index (χ0) is 17.1. The van der Waals surface area contributed by atoms with Crippen molar-refractivity contribution in [1.82, 2.24) is 18.5 Å². The van der Waals surface area contributed by atoms with Crippen molar-refractivity contribution in [2.75, 3.05) is 38.0 Å². The lowest BCUT2D eigenvalue weighted by Crippen LogP contribution is -2.51. The van der Waals surface area contributed by atoms with Gasteiger partial charge in [-0.25, -0.2) is 0 Å². The summed E-state index contributed by atoms with van der Waals surface area (Å²) in [6.45, 7) is 6.93. The second-order valence-electron chi connectivity index (χ2n) is 6.24. The SMILES string of the molecule is CC(C)C(=O)N1CCN(CC(=O)Nc2cccc3nsnc23)CC1. The molecule has 1 N–H and O–H groups in total. The van der Waals surface area contributed by atoms with Crippen LogP contribution in [0.4, 0.5) is 5.69 Å². The zero-order valence-electron chi connectivity index (χ0n) is 13.9. The summed E-state index contributed by atoms with van der Waals surface area (Å²) in [6.07, 6.45) is 0. The zero-order valence-corrected chi connectivity index (χ0v) is 14.7. The van der Waals surface area contributed by atoms with E-state index in [-0.39, 0.29) is 17.7 Å². The van der Waals surface area contributed by atoms with Crippen LogP contribution in [0.25, 0.3) is 11.0 Å². The van der Waals surface area contributed by atoms with E-state index in [1.807, 2.05) is 36.9 Å². The Kier molecular flexibility index (Phi) is 5.06. The van der Waals surface area contributed by atoms with E-state index in [0.717, 1.165) is 22.8 Å². The van der Waals surface area contributed by atoms with Crippen LogP contribution in [-0.4, -0.2) is 63.1 Å². The number of amides is 2. The van der Waals surface area contributed by atoms with Gasteiger partial charge in [-0.15, -0.1) is 0 Å². The van der Waals surface area contributed by atoms with Crippen LogP contribution < -0.4 is 5.32 Å². The van der Waals surface area contributed by atoms with Crippen LogP contribution in [0.3, 0.4) is 0 Å². The van der Waals surface area contributed by atoms with Crippen LogP contribution in [0, 0.1) is 5.92 Å². The predicted molar refractivity (Wildman–Crippen MR) is 93.9 cm³/mol. The van der Waals surface area contributed by atoms with Crippen LogP contribution in [0.5, 0.6) is 0 Å². The minimum atomic E-state index is -0.0702. The summed E-state index contributed by atoms with van der Waals surface area (Å²) in [5, 5.41) is 2.91. The van der Waals surface area contributed by atoms with Crippen LogP contribution in [0.15, 0.2) is 18.2 Å². The molecule has 0 atom stereocenters. The lowest BCUT2D eigenvalue weighted by molar-refractivity contribution is -0.136. The molecule has 7 nitrogen and oxygen atoms in total. The van der Waals surface area contributed by atoms with E-state index in [2.05, 4.69) is 19.0 Å². The number of fused-ring (bicyclic) bond motifs is 1. The fourth-order valence-corrected chi connectivity index (χ4v) is 3.34. The number of carbonyl (C=O) groups is 2. The maximum absolute atomic E-state index is 12.3. The fraction of sp³-hybridized carbons (Fsp3) is 0.500. The number of hydrogen-bond donors (Lipinski definition) is 1. The first-order valence-electron chi connectivity index (χ1n) is 8.07. The third kappa shape index (κ3) is 3.70. The second kappa shape index (κ2) is 7.23. The van der Waals surface area contributed by atoms with Crippen LogP contribution >= 0.6 is 11.7 Å². The quantitative estimate of drug-likeness (QED) is 0.905. The van der Waals surface area contributed by atoms with Gasteiger partial charge in [0.15, 0.2) is 0 Å². The van der Waals surface area contributed by atoms with E-state index in [1.165, 1.54) is 0 Å². The van der Waals surface area contributed by atoms with Crippen molar-refractivity contribution in [1.29, 1.82) is 0 Å². The molecule has 1 aromatic carbocycles. The Morgan fingerprint density at radius 2 is 1.96 bits per heavy atom. The molecule has 3 rings (SSSR count). The third-order valence-corrected chi connectivity index (χ3v) is 4.65. The first-order valence-corrected chi connectivity index (χ1v) is 8.80. The second-order valence-corrected chi connectivity index (χ2v) is 6.77. The van der Waals surface area contributed by atoms with Gasteiger partial charge in [-0.1, -0.05) is 19.9 Å². The highest BCUT2D eigenvalue weighted by molar-refractivity contribution is 7.00. The molecule has 2 amide bonds. The molecule has 1 aliphatic heterocycles. The molecule has 1 aliphatic rings. The maximum atomic E-state index is 12.3. The lowest BCUT2D eigenvalue weighted by atomic mass is 10.1. The largest absolute Gasteiger partial charge is 0.340 e. The summed E-state index contributed by atoms with van der Waals surface area (Å²) >= 11 is 1.14. The maximum Gasteiger partial charge on any atom is 0.238 e. The summed E-state index contributed by atoms with van der Waals surface area (Å²) in [7, 11) is 0. The summed E-state index contributed by atoms with van der Waals surface area (Å²) in [4.78, 5) is 28.2. The number of carbonyl (C=O) groups excluding carboxylic acids is 2. The number of benzene rings is 1.